The number of nitrogens with two attached hydrogens (primary N) is 1. The van der Waals surface area contributed by atoms with Gasteiger partial charge in [-0.25, -0.2) is 4.98 Å². The topological polar surface area (TPSA) is 43.8 Å². The first-order valence-electron chi connectivity index (χ1n) is 3.50. The van der Waals surface area contributed by atoms with E-state index in [2.05, 4.69) is 16.5 Å². The van der Waals surface area contributed by atoms with E-state index in [1.807, 2.05) is 13.1 Å². The lowest BCUT2D eigenvalue weighted by Crippen LogP contribution is -2.06. The Morgan fingerprint density at radius 2 is 2.08 bits per heavy atom. The Balaban J connectivity index is 0. The van der Waals surface area contributed by atoms with Crippen molar-refractivity contribution in [2.45, 2.75) is 26.9 Å². The van der Waals surface area contributed by atoms with Gasteiger partial charge in [-0.3, -0.25) is 0 Å². The minimum absolute atomic E-state index is 0. The van der Waals surface area contributed by atoms with E-state index in [0.29, 0.717) is 6.54 Å². The van der Waals surface area contributed by atoms with Crippen molar-refractivity contribution in [2.24, 2.45) is 5.73 Å². The zero-order valence-corrected chi connectivity index (χ0v) is 8.91. The van der Waals surface area contributed by atoms with E-state index in [9.17, 15) is 0 Å². The predicted molar refractivity (Wildman–Crippen MR) is 55.0 cm³/mol. The largest absolute Gasteiger partial charge is 0.331 e. The third-order valence-corrected chi connectivity index (χ3v) is 1.66. The van der Waals surface area contributed by atoms with E-state index in [0.717, 1.165) is 18.1 Å². The number of hydrogen-bond acceptors (Lipinski definition) is 2. The molecule has 3 nitrogen and oxygen atoms in total. The summed E-state index contributed by atoms with van der Waals surface area (Å²) < 4.78 is 2.11. The van der Waals surface area contributed by atoms with Crippen LogP contribution in [-0.4, -0.2) is 9.55 Å². The van der Waals surface area contributed by atoms with Gasteiger partial charge in [0.05, 0.1) is 5.69 Å². The molecule has 0 radical (unpaired) electrons. The van der Waals surface area contributed by atoms with Crippen LogP contribution in [0.2, 0.25) is 0 Å². The third-order valence-electron chi connectivity index (χ3n) is 1.66. The van der Waals surface area contributed by atoms with Crippen LogP contribution in [0.3, 0.4) is 0 Å². The molecule has 5 heteroatoms. The van der Waals surface area contributed by atoms with E-state index >= 15 is 0 Å². The van der Waals surface area contributed by atoms with Gasteiger partial charge in [-0.2, -0.15) is 0 Å². The maximum Gasteiger partial charge on any atom is 0.105 e. The van der Waals surface area contributed by atoms with Crippen LogP contribution in [0.5, 0.6) is 0 Å². The Kier molecular flexibility index (Phi) is 7.48. The molecule has 2 N–H and O–H groups in total. The highest BCUT2D eigenvalue weighted by Crippen LogP contribution is 2.02. The number of aromatic nitrogens is 2. The fourth-order valence-corrected chi connectivity index (χ4v) is 1.11. The quantitative estimate of drug-likeness (QED) is 0.807. The van der Waals surface area contributed by atoms with Crippen molar-refractivity contribution < 1.29 is 0 Å². The molecule has 0 saturated carbocycles. The zero-order chi connectivity index (χ0) is 7.56. The number of aryl methyl sites for hydroxylation is 1. The summed E-state index contributed by atoms with van der Waals surface area (Å²) in [6.07, 6.45) is 1.83. The third kappa shape index (κ3) is 2.66. The summed E-state index contributed by atoms with van der Waals surface area (Å²) in [4.78, 5) is 4.14. The van der Waals surface area contributed by atoms with Crippen LogP contribution < -0.4 is 5.73 Å². The van der Waals surface area contributed by atoms with E-state index in [1.165, 1.54) is 0 Å². The molecule has 0 aliphatic heterocycles. The molecule has 0 amide bonds. The van der Waals surface area contributed by atoms with Crippen molar-refractivity contribution in [1.82, 2.24) is 9.55 Å². The van der Waals surface area contributed by atoms with Gasteiger partial charge in [-0.1, -0.05) is 0 Å². The molecule has 1 aromatic rings. The highest BCUT2D eigenvalue weighted by molar-refractivity contribution is 5.85. The second kappa shape index (κ2) is 6.29. The van der Waals surface area contributed by atoms with Gasteiger partial charge >= 0.3 is 0 Å². The van der Waals surface area contributed by atoms with Crippen molar-refractivity contribution in [1.29, 1.82) is 0 Å². The van der Waals surface area contributed by atoms with Gasteiger partial charge in [-0.05, 0) is 13.8 Å². The summed E-state index contributed by atoms with van der Waals surface area (Å²) in [7, 11) is 0. The molecule has 0 aliphatic rings. The minimum Gasteiger partial charge on any atom is -0.331 e. The molecule has 1 heterocycles. The molecular formula is C7H15Cl2N3. The van der Waals surface area contributed by atoms with Crippen LogP contribution in [0.25, 0.3) is 0 Å². The lowest BCUT2D eigenvalue weighted by atomic mass is 10.4. The molecule has 0 spiro atoms. The minimum atomic E-state index is 0. The molecule has 12 heavy (non-hydrogen) atoms. The second-order valence-electron chi connectivity index (χ2n) is 2.25. The molecule has 0 aromatic carbocycles. The van der Waals surface area contributed by atoms with Crippen molar-refractivity contribution in [2.75, 3.05) is 0 Å². The van der Waals surface area contributed by atoms with Crippen LogP contribution >= 0.6 is 24.8 Å². The Morgan fingerprint density at radius 1 is 1.50 bits per heavy atom. The average Bonchev–Trinajstić information content (AvgIpc) is 2.30. The van der Waals surface area contributed by atoms with Crippen LogP contribution in [0.1, 0.15) is 18.4 Å². The highest BCUT2D eigenvalue weighted by Gasteiger charge is 2.00. The Labute approximate surface area is 85.2 Å². The SMILES string of the molecule is CCn1c(CN)cnc1C.Cl.Cl. The molecule has 0 bridgehead atoms. The normalized spacial score (nSPS) is 8.58. The van der Waals surface area contributed by atoms with Crippen LogP contribution in [0, 0.1) is 6.92 Å². The van der Waals surface area contributed by atoms with Gasteiger partial charge in [0.1, 0.15) is 5.82 Å². The number of imidazole rings is 1. The van der Waals surface area contributed by atoms with Crippen molar-refractivity contribution in [3.8, 4) is 0 Å². The fourth-order valence-electron chi connectivity index (χ4n) is 1.11. The maximum absolute atomic E-state index is 5.48. The number of nitrogens with zero attached hydrogens (tertiary/aromatic N) is 2. The first-order valence-corrected chi connectivity index (χ1v) is 3.50. The van der Waals surface area contributed by atoms with Crippen LogP contribution in [0.4, 0.5) is 0 Å². The monoisotopic (exact) mass is 211 g/mol. The van der Waals surface area contributed by atoms with E-state index in [1.54, 1.807) is 0 Å². The molecule has 0 aliphatic carbocycles. The lowest BCUT2D eigenvalue weighted by Gasteiger charge is -2.03. The first-order chi connectivity index (χ1) is 4.79. The molecule has 0 saturated heterocycles. The summed E-state index contributed by atoms with van der Waals surface area (Å²) in [6.45, 7) is 5.61. The molecule has 0 unspecified atom stereocenters. The summed E-state index contributed by atoms with van der Waals surface area (Å²) in [5, 5.41) is 0. The van der Waals surface area contributed by atoms with Gasteiger partial charge in [0.25, 0.3) is 0 Å². The highest BCUT2D eigenvalue weighted by atomic mass is 35.5. The van der Waals surface area contributed by atoms with E-state index in [4.69, 9.17) is 5.73 Å². The molecule has 72 valence electrons. The zero-order valence-electron chi connectivity index (χ0n) is 7.28. The smallest absolute Gasteiger partial charge is 0.105 e. The summed E-state index contributed by atoms with van der Waals surface area (Å²) in [5.41, 5.74) is 6.59. The number of halogens is 2. The Bertz CT molecular complexity index is 222. The fraction of sp³-hybridized carbons (Fsp3) is 0.571. The van der Waals surface area contributed by atoms with Gasteiger partial charge in [0.15, 0.2) is 0 Å². The van der Waals surface area contributed by atoms with Gasteiger partial charge in [0.2, 0.25) is 0 Å². The average molecular weight is 212 g/mol. The molecule has 1 rings (SSSR count). The van der Waals surface area contributed by atoms with E-state index < -0.39 is 0 Å². The standard InChI is InChI=1S/C7H13N3.2ClH/c1-3-10-6(2)9-5-7(10)4-8;;/h5H,3-4,8H2,1-2H3;2*1H. The molecular weight excluding hydrogens is 197 g/mol. The molecule has 0 atom stereocenters. The first kappa shape index (κ1) is 14.3. The Hall–Kier alpha value is -0.250. The predicted octanol–water partition coefficient (Wildman–Crippen LogP) is 1.51. The Morgan fingerprint density at radius 3 is 2.42 bits per heavy atom. The maximum atomic E-state index is 5.48. The number of rotatable bonds is 2. The van der Waals surface area contributed by atoms with Gasteiger partial charge < -0.3 is 10.3 Å². The summed E-state index contributed by atoms with van der Waals surface area (Å²) >= 11 is 0. The lowest BCUT2D eigenvalue weighted by molar-refractivity contribution is 0.687. The van der Waals surface area contributed by atoms with Crippen molar-refractivity contribution in [3.63, 3.8) is 0 Å². The van der Waals surface area contributed by atoms with Crippen molar-refractivity contribution >= 4 is 24.8 Å². The molecule has 0 fully saturated rings. The van der Waals surface area contributed by atoms with Gasteiger partial charge in [0, 0.05) is 19.3 Å². The van der Waals surface area contributed by atoms with Gasteiger partial charge in [-0.15, -0.1) is 24.8 Å². The van der Waals surface area contributed by atoms with Crippen LogP contribution in [-0.2, 0) is 13.1 Å². The van der Waals surface area contributed by atoms with Crippen LogP contribution in [0.15, 0.2) is 6.20 Å². The molecule has 1 aromatic heterocycles. The summed E-state index contributed by atoms with van der Waals surface area (Å²) in [6, 6.07) is 0. The van der Waals surface area contributed by atoms with Crippen molar-refractivity contribution in [3.05, 3.63) is 17.7 Å². The number of hydrogen-bond donors (Lipinski definition) is 1. The second-order valence-corrected chi connectivity index (χ2v) is 2.25. The van der Waals surface area contributed by atoms with E-state index in [-0.39, 0.29) is 24.8 Å². The summed E-state index contributed by atoms with van der Waals surface area (Å²) in [5.74, 6) is 1.04.